The summed E-state index contributed by atoms with van der Waals surface area (Å²) in [5.41, 5.74) is 1.94. The molecule has 0 bridgehead atoms. The lowest BCUT2D eigenvalue weighted by Crippen LogP contribution is -2.37. The number of rotatable bonds is 7. The SMILES string of the molecule is CCN(CCNC(=O)Nc1nc(-c2ccccc2)cs1)C1CC1. The third-order valence-electron chi connectivity index (χ3n) is 3.95. The van der Waals surface area contributed by atoms with Crippen LogP contribution >= 0.6 is 11.3 Å². The normalized spacial score (nSPS) is 14.0. The van der Waals surface area contributed by atoms with E-state index in [4.69, 9.17) is 0 Å². The van der Waals surface area contributed by atoms with Crippen molar-refractivity contribution < 1.29 is 4.79 Å². The van der Waals surface area contributed by atoms with Gasteiger partial charge in [0.2, 0.25) is 0 Å². The van der Waals surface area contributed by atoms with Gasteiger partial charge in [0.25, 0.3) is 0 Å². The second-order valence-corrected chi connectivity index (χ2v) is 6.50. The van der Waals surface area contributed by atoms with Crippen LogP contribution in [0.5, 0.6) is 0 Å². The molecule has 1 fully saturated rings. The van der Waals surface area contributed by atoms with Gasteiger partial charge in [-0.05, 0) is 19.4 Å². The molecule has 0 saturated heterocycles. The van der Waals surface area contributed by atoms with Gasteiger partial charge in [-0.1, -0.05) is 37.3 Å². The molecule has 1 saturated carbocycles. The van der Waals surface area contributed by atoms with Gasteiger partial charge in [-0.15, -0.1) is 11.3 Å². The van der Waals surface area contributed by atoms with Crippen molar-refractivity contribution in [2.45, 2.75) is 25.8 Å². The standard InChI is InChI=1S/C17H22N4OS/c1-2-21(14-8-9-14)11-10-18-16(22)20-17-19-15(12-23-17)13-6-4-3-5-7-13/h3-7,12,14H,2,8-11H2,1H3,(H2,18,19,20,22). The minimum atomic E-state index is -0.189. The predicted molar refractivity (Wildman–Crippen MR) is 94.8 cm³/mol. The molecule has 1 aliphatic rings. The Kier molecular flexibility index (Phi) is 5.25. The number of likely N-dealkylation sites (N-methyl/N-ethyl adjacent to an activating group) is 1. The Morgan fingerprint density at radius 2 is 2.13 bits per heavy atom. The summed E-state index contributed by atoms with van der Waals surface area (Å²) in [6.45, 7) is 4.77. The van der Waals surface area contributed by atoms with Crippen LogP contribution in [0.3, 0.4) is 0 Å². The van der Waals surface area contributed by atoms with Gasteiger partial charge in [0.1, 0.15) is 0 Å². The quantitative estimate of drug-likeness (QED) is 0.818. The number of hydrogen-bond acceptors (Lipinski definition) is 4. The summed E-state index contributed by atoms with van der Waals surface area (Å²) in [5, 5.41) is 8.29. The first kappa shape index (κ1) is 16.0. The summed E-state index contributed by atoms with van der Waals surface area (Å²) in [6, 6.07) is 10.5. The minimum Gasteiger partial charge on any atom is -0.337 e. The van der Waals surface area contributed by atoms with E-state index in [1.54, 1.807) is 0 Å². The van der Waals surface area contributed by atoms with E-state index in [2.05, 4.69) is 27.4 Å². The van der Waals surface area contributed by atoms with Crippen LogP contribution in [0.4, 0.5) is 9.93 Å². The molecule has 1 aromatic carbocycles. The van der Waals surface area contributed by atoms with Crippen molar-refractivity contribution in [2.24, 2.45) is 0 Å². The van der Waals surface area contributed by atoms with Crippen LogP contribution in [0.15, 0.2) is 35.7 Å². The molecule has 0 atom stereocenters. The van der Waals surface area contributed by atoms with Crippen LogP contribution in [0.2, 0.25) is 0 Å². The first-order valence-corrected chi connectivity index (χ1v) is 8.94. The highest BCUT2D eigenvalue weighted by Crippen LogP contribution is 2.26. The second-order valence-electron chi connectivity index (χ2n) is 5.64. The van der Waals surface area contributed by atoms with Gasteiger partial charge in [-0.3, -0.25) is 10.2 Å². The molecule has 0 aliphatic heterocycles. The van der Waals surface area contributed by atoms with Crippen LogP contribution in [0.25, 0.3) is 11.3 Å². The summed E-state index contributed by atoms with van der Waals surface area (Å²) in [5.74, 6) is 0. The molecule has 2 aromatic rings. The lowest BCUT2D eigenvalue weighted by atomic mass is 10.2. The number of nitrogens with zero attached hydrogens (tertiary/aromatic N) is 2. The lowest BCUT2D eigenvalue weighted by molar-refractivity contribution is 0.245. The molecular weight excluding hydrogens is 308 g/mol. The molecule has 3 rings (SSSR count). The van der Waals surface area contributed by atoms with E-state index < -0.39 is 0 Å². The molecular formula is C17H22N4OS. The molecule has 0 unspecified atom stereocenters. The average molecular weight is 330 g/mol. The van der Waals surface area contributed by atoms with E-state index in [1.165, 1.54) is 24.2 Å². The topological polar surface area (TPSA) is 57.3 Å². The van der Waals surface area contributed by atoms with Gasteiger partial charge in [-0.25, -0.2) is 9.78 Å². The van der Waals surface area contributed by atoms with Crippen LogP contribution in [-0.4, -0.2) is 41.6 Å². The summed E-state index contributed by atoms with van der Waals surface area (Å²) < 4.78 is 0. The molecule has 5 nitrogen and oxygen atoms in total. The molecule has 0 radical (unpaired) electrons. The van der Waals surface area contributed by atoms with Gasteiger partial charge in [0, 0.05) is 30.1 Å². The second kappa shape index (κ2) is 7.57. The largest absolute Gasteiger partial charge is 0.337 e. The molecule has 0 spiro atoms. The van der Waals surface area contributed by atoms with E-state index >= 15 is 0 Å². The number of anilines is 1. The summed E-state index contributed by atoms with van der Waals surface area (Å²) in [7, 11) is 0. The molecule has 2 amide bonds. The fourth-order valence-electron chi connectivity index (χ4n) is 2.57. The molecule has 23 heavy (non-hydrogen) atoms. The molecule has 6 heteroatoms. The Hall–Kier alpha value is -1.92. The lowest BCUT2D eigenvalue weighted by Gasteiger charge is -2.19. The number of hydrogen-bond donors (Lipinski definition) is 2. The zero-order valence-corrected chi connectivity index (χ0v) is 14.1. The summed E-state index contributed by atoms with van der Waals surface area (Å²) in [4.78, 5) is 18.8. The number of aromatic nitrogens is 1. The molecule has 1 heterocycles. The van der Waals surface area contributed by atoms with Crippen LogP contribution in [-0.2, 0) is 0 Å². The summed E-state index contributed by atoms with van der Waals surface area (Å²) >= 11 is 1.44. The maximum absolute atomic E-state index is 11.9. The van der Waals surface area contributed by atoms with Gasteiger partial charge < -0.3 is 5.32 Å². The Balaban J connectivity index is 1.45. The van der Waals surface area contributed by atoms with Crippen molar-refractivity contribution in [3.63, 3.8) is 0 Å². The van der Waals surface area contributed by atoms with Crippen molar-refractivity contribution in [2.75, 3.05) is 25.0 Å². The van der Waals surface area contributed by atoms with Crippen LogP contribution in [0.1, 0.15) is 19.8 Å². The van der Waals surface area contributed by atoms with Gasteiger partial charge >= 0.3 is 6.03 Å². The van der Waals surface area contributed by atoms with Gasteiger partial charge in [-0.2, -0.15) is 0 Å². The van der Waals surface area contributed by atoms with E-state index in [-0.39, 0.29) is 6.03 Å². The zero-order chi connectivity index (χ0) is 16.1. The van der Waals surface area contributed by atoms with Crippen molar-refractivity contribution >= 4 is 22.5 Å². The highest BCUT2D eigenvalue weighted by Gasteiger charge is 2.27. The van der Waals surface area contributed by atoms with Gasteiger partial charge in [0.05, 0.1) is 5.69 Å². The fraction of sp³-hybridized carbons (Fsp3) is 0.412. The maximum atomic E-state index is 11.9. The number of urea groups is 1. The maximum Gasteiger partial charge on any atom is 0.321 e. The van der Waals surface area contributed by atoms with E-state index in [0.29, 0.717) is 11.7 Å². The van der Waals surface area contributed by atoms with Crippen LogP contribution in [0, 0.1) is 0 Å². The monoisotopic (exact) mass is 330 g/mol. The van der Waals surface area contributed by atoms with Crippen molar-refractivity contribution in [1.82, 2.24) is 15.2 Å². The molecule has 1 aliphatic carbocycles. The number of carbonyl (C=O) groups is 1. The average Bonchev–Trinajstić information content (AvgIpc) is 3.31. The molecule has 1 aromatic heterocycles. The first-order chi connectivity index (χ1) is 11.3. The molecule has 122 valence electrons. The van der Waals surface area contributed by atoms with E-state index in [1.807, 2.05) is 35.7 Å². The number of thiazole rings is 1. The minimum absolute atomic E-state index is 0.189. The zero-order valence-electron chi connectivity index (χ0n) is 13.3. The van der Waals surface area contributed by atoms with Crippen molar-refractivity contribution in [3.05, 3.63) is 35.7 Å². The third-order valence-corrected chi connectivity index (χ3v) is 4.71. The van der Waals surface area contributed by atoms with Crippen molar-refractivity contribution in [1.29, 1.82) is 0 Å². The number of nitrogens with one attached hydrogen (secondary N) is 2. The summed E-state index contributed by atoms with van der Waals surface area (Å²) in [6.07, 6.45) is 2.59. The predicted octanol–water partition coefficient (Wildman–Crippen LogP) is 3.42. The highest BCUT2D eigenvalue weighted by atomic mass is 32.1. The highest BCUT2D eigenvalue weighted by molar-refractivity contribution is 7.14. The Morgan fingerprint density at radius 1 is 1.35 bits per heavy atom. The molecule has 2 N–H and O–H groups in total. The first-order valence-electron chi connectivity index (χ1n) is 8.06. The number of benzene rings is 1. The number of carbonyl (C=O) groups excluding carboxylic acids is 1. The Morgan fingerprint density at radius 3 is 2.83 bits per heavy atom. The third kappa shape index (κ3) is 4.53. The van der Waals surface area contributed by atoms with Crippen LogP contribution < -0.4 is 10.6 Å². The fourth-order valence-corrected chi connectivity index (χ4v) is 3.28. The van der Waals surface area contributed by atoms with Gasteiger partial charge in [0.15, 0.2) is 5.13 Å². The number of amides is 2. The Labute approximate surface area is 140 Å². The Bertz CT molecular complexity index is 639. The van der Waals surface area contributed by atoms with E-state index in [9.17, 15) is 4.79 Å². The van der Waals surface area contributed by atoms with Crippen molar-refractivity contribution in [3.8, 4) is 11.3 Å². The van der Waals surface area contributed by atoms with E-state index in [0.717, 1.165) is 30.4 Å². The smallest absolute Gasteiger partial charge is 0.321 e.